The van der Waals surface area contributed by atoms with Crippen LogP contribution in [0.2, 0.25) is 5.02 Å². The van der Waals surface area contributed by atoms with Gasteiger partial charge in [-0.2, -0.15) is 0 Å². The third-order valence-corrected chi connectivity index (χ3v) is 3.33. The summed E-state index contributed by atoms with van der Waals surface area (Å²) in [4.78, 5) is 23.0. The van der Waals surface area contributed by atoms with Crippen molar-refractivity contribution in [3.8, 4) is 0 Å². The van der Waals surface area contributed by atoms with Crippen molar-refractivity contribution in [2.45, 2.75) is 33.2 Å². The summed E-state index contributed by atoms with van der Waals surface area (Å²) in [5.74, 6) is -1.32. The molecule has 0 fully saturated rings. The molecule has 0 aliphatic carbocycles. The minimum atomic E-state index is -0.958. The molecule has 1 unspecified atom stereocenters. The molecule has 1 atom stereocenters. The first-order valence-corrected chi connectivity index (χ1v) is 6.56. The number of hydrogen-bond donors (Lipinski definition) is 3. The van der Waals surface area contributed by atoms with Gasteiger partial charge >= 0.3 is 5.97 Å². The molecule has 5 nitrogen and oxygen atoms in total. The predicted molar refractivity (Wildman–Crippen MR) is 78.8 cm³/mol. The van der Waals surface area contributed by atoms with E-state index in [0.29, 0.717) is 16.3 Å². The van der Waals surface area contributed by atoms with Crippen LogP contribution in [0.3, 0.4) is 0 Å². The molecule has 0 aliphatic heterocycles. The number of carbonyl (C=O) groups is 2. The number of rotatable bonds is 4. The van der Waals surface area contributed by atoms with Crippen LogP contribution in [0.5, 0.6) is 0 Å². The van der Waals surface area contributed by atoms with Gasteiger partial charge in [0.05, 0.1) is 17.1 Å². The lowest BCUT2D eigenvalue weighted by molar-refractivity contribution is -0.138. The van der Waals surface area contributed by atoms with E-state index in [4.69, 9.17) is 22.4 Å². The van der Waals surface area contributed by atoms with Crippen LogP contribution in [-0.4, -0.2) is 23.0 Å². The van der Waals surface area contributed by atoms with Gasteiger partial charge in [-0.25, -0.2) is 0 Å². The van der Waals surface area contributed by atoms with E-state index in [1.807, 2.05) is 20.8 Å². The molecule has 110 valence electrons. The standard InChI is InChI=1S/C14H19ClN2O3/c1-14(2,3)11(7-12(18)19)17-13(20)8-4-5-9(15)10(16)6-8/h4-6,11H,7,16H2,1-3H3,(H,17,20)(H,18,19). The number of halogens is 1. The van der Waals surface area contributed by atoms with E-state index in [1.165, 1.54) is 12.1 Å². The van der Waals surface area contributed by atoms with Crippen molar-refractivity contribution in [3.05, 3.63) is 28.8 Å². The Balaban J connectivity index is 2.90. The second-order valence-electron chi connectivity index (χ2n) is 5.73. The second-order valence-corrected chi connectivity index (χ2v) is 6.13. The van der Waals surface area contributed by atoms with Crippen molar-refractivity contribution >= 4 is 29.2 Å². The SMILES string of the molecule is CC(C)(C)C(CC(=O)O)NC(=O)c1ccc(Cl)c(N)c1. The summed E-state index contributed by atoms with van der Waals surface area (Å²) >= 11 is 5.80. The molecule has 1 amide bonds. The van der Waals surface area contributed by atoms with E-state index in [-0.39, 0.29) is 17.7 Å². The first-order chi connectivity index (χ1) is 9.11. The highest BCUT2D eigenvalue weighted by atomic mass is 35.5. The first kappa shape index (κ1) is 16.3. The van der Waals surface area contributed by atoms with Crippen LogP contribution >= 0.6 is 11.6 Å². The lowest BCUT2D eigenvalue weighted by Crippen LogP contribution is -2.45. The van der Waals surface area contributed by atoms with Crippen molar-refractivity contribution in [3.63, 3.8) is 0 Å². The van der Waals surface area contributed by atoms with Gasteiger partial charge in [0.15, 0.2) is 0 Å². The number of carboxylic acid groups (broad SMARTS) is 1. The van der Waals surface area contributed by atoms with Crippen LogP contribution in [0.1, 0.15) is 37.6 Å². The molecule has 0 aromatic heterocycles. The number of benzene rings is 1. The van der Waals surface area contributed by atoms with Crippen molar-refractivity contribution < 1.29 is 14.7 Å². The van der Waals surface area contributed by atoms with Gasteiger partial charge in [-0.3, -0.25) is 9.59 Å². The van der Waals surface area contributed by atoms with Crippen LogP contribution in [0.25, 0.3) is 0 Å². The summed E-state index contributed by atoms with van der Waals surface area (Å²) in [6.45, 7) is 5.62. The number of carboxylic acids is 1. The summed E-state index contributed by atoms with van der Waals surface area (Å²) in [5, 5.41) is 12.0. The Labute approximate surface area is 123 Å². The van der Waals surface area contributed by atoms with Gasteiger partial charge in [-0.1, -0.05) is 32.4 Å². The number of hydrogen-bond acceptors (Lipinski definition) is 3. The van der Waals surface area contributed by atoms with Gasteiger partial charge in [0.25, 0.3) is 5.91 Å². The summed E-state index contributed by atoms with van der Waals surface area (Å²) in [7, 11) is 0. The van der Waals surface area contributed by atoms with Crippen molar-refractivity contribution in [2.24, 2.45) is 5.41 Å². The van der Waals surface area contributed by atoms with Crippen LogP contribution in [0, 0.1) is 5.41 Å². The topological polar surface area (TPSA) is 92.4 Å². The maximum atomic E-state index is 12.1. The number of nitrogen functional groups attached to an aromatic ring is 1. The molecule has 0 radical (unpaired) electrons. The highest BCUT2D eigenvalue weighted by Crippen LogP contribution is 2.23. The lowest BCUT2D eigenvalue weighted by Gasteiger charge is -2.30. The highest BCUT2D eigenvalue weighted by Gasteiger charge is 2.28. The van der Waals surface area contributed by atoms with Crippen LogP contribution < -0.4 is 11.1 Å². The average Bonchev–Trinajstić information content (AvgIpc) is 2.30. The maximum absolute atomic E-state index is 12.1. The number of nitrogens with two attached hydrogens (primary N) is 1. The molecule has 20 heavy (non-hydrogen) atoms. The van der Waals surface area contributed by atoms with E-state index in [0.717, 1.165) is 0 Å². The summed E-state index contributed by atoms with van der Waals surface area (Å²) in [6.07, 6.45) is -0.141. The molecule has 0 aliphatic rings. The number of carbonyl (C=O) groups excluding carboxylic acids is 1. The van der Waals surface area contributed by atoms with E-state index < -0.39 is 12.0 Å². The van der Waals surface area contributed by atoms with E-state index in [1.54, 1.807) is 6.07 Å². The number of aliphatic carboxylic acids is 1. The zero-order valence-corrected chi connectivity index (χ0v) is 12.5. The molecule has 0 saturated heterocycles. The monoisotopic (exact) mass is 298 g/mol. The third-order valence-electron chi connectivity index (χ3n) is 2.99. The molecule has 1 rings (SSSR count). The normalized spacial score (nSPS) is 12.8. The fourth-order valence-corrected chi connectivity index (χ4v) is 1.79. The van der Waals surface area contributed by atoms with Gasteiger partial charge in [0.2, 0.25) is 0 Å². The van der Waals surface area contributed by atoms with Gasteiger partial charge in [-0.05, 0) is 23.6 Å². The molecule has 0 heterocycles. The summed E-state index contributed by atoms with van der Waals surface area (Å²) in [5.41, 5.74) is 5.94. The Morgan fingerprint density at radius 1 is 1.40 bits per heavy atom. The van der Waals surface area contributed by atoms with Crippen molar-refractivity contribution in [1.82, 2.24) is 5.32 Å². The van der Waals surface area contributed by atoms with Gasteiger partial charge in [0.1, 0.15) is 0 Å². The summed E-state index contributed by atoms with van der Waals surface area (Å²) < 4.78 is 0. The smallest absolute Gasteiger partial charge is 0.305 e. The minimum Gasteiger partial charge on any atom is -0.481 e. The molecule has 6 heteroatoms. The van der Waals surface area contributed by atoms with Gasteiger partial charge in [0, 0.05) is 11.6 Å². The van der Waals surface area contributed by atoms with Crippen LogP contribution in [0.4, 0.5) is 5.69 Å². The van der Waals surface area contributed by atoms with E-state index in [9.17, 15) is 9.59 Å². The van der Waals surface area contributed by atoms with Gasteiger partial charge in [-0.15, -0.1) is 0 Å². The Hall–Kier alpha value is -1.75. The van der Waals surface area contributed by atoms with Crippen molar-refractivity contribution in [2.75, 3.05) is 5.73 Å². The molecule has 1 aromatic carbocycles. The predicted octanol–water partition coefficient (Wildman–Crippen LogP) is 2.54. The molecule has 4 N–H and O–H groups in total. The van der Waals surface area contributed by atoms with Gasteiger partial charge < -0.3 is 16.2 Å². The Morgan fingerprint density at radius 3 is 2.45 bits per heavy atom. The zero-order chi connectivity index (χ0) is 15.5. The van der Waals surface area contributed by atoms with E-state index >= 15 is 0 Å². The number of nitrogens with one attached hydrogen (secondary N) is 1. The molecular weight excluding hydrogens is 280 g/mol. The lowest BCUT2D eigenvalue weighted by atomic mass is 9.84. The molecule has 0 saturated carbocycles. The Kier molecular flexibility index (Phi) is 5.00. The number of amides is 1. The van der Waals surface area contributed by atoms with Crippen molar-refractivity contribution in [1.29, 1.82) is 0 Å². The molecule has 1 aromatic rings. The summed E-state index contributed by atoms with van der Waals surface area (Å²) in [6, 6.07) is 4.08. The quantitative estimate of drug-likeness (QED) is 0.745. The largest absolute Gasteiger partial charge is 0.481 e. The van der Waals surface area contributed by atoms with E-state index in [2.05, 4.69) is 5.32 Å². The fourth-order valence-electron chi connectivity index (χ4n) is 1.67. The highest BCUT2D eigenvalue weighted by molar-refractivity contribution is 6.33. The van der Waals surface area contributed by atoms with Crippen LogP contribution in [0.15, 0.2) is 18.2 Å². The zero-order valence-electron chi connectivity index (χ0n) is 11.7. The molecule has 0 bridgehead atoms. The maximum Gasteiger partial charge on any atom is 0.305 e. The Morgan fingerprint density at radius 2 is 2.00 bits per heavy atom. The minimum absolute atomic E-state index is 0.141. The second kappa shape index (κ2) is 6.13. The third kappa shape index (κ3) is 4.42. The number of anilines is 1. The molecule has 0 spiro atoms. The fraction of sp³-hybridized carbons (Fsp3) is 0.429. The average molecular weight is 299 g/mol. The molecular formula is C14H19ClN2O3. The Bertz CT molecular complexity index is 524. The first-order valence-electron chi connectivity index (χ1n) is 6.19. The van der Waals surface area contributed by atoms with Crippen LogP contribution in [-0.2, 0) is 4.79 Å².